The highest BCUT2D eigenvalue weighted by atomic mass is 16.1. The highest BCUT2D eigenvalue weighted by Crippen LogP contribution is 2.29. The van der Waals surface area contributed by atoms with Crippen LogP contribution in [0.4, 0.5) is 0 Å². The van der Waals surface area contributed by atoms with E-state index in [0.29, 0.717) is 29.3 Å². The molecule has 1 amide bonds. The Morgan fingerprint density at radius 3 is 3.04 bits per heavy atom. The molecule has 9 nitrogen and oxygen atoms in total. The van der Waals surface area contributed by atoms with E-state index in [0.717, 1.165) is 25.0 Å². The van der Waals surface area contributed by atoms with Crippen molar-refractivity contribution in [2.75, 3.05) is 0 Å². The van der Waals surface area contributed by atoms with Gasteiger partial charge in [0.15, 0.2) is 5.65 Å². The van der Waals surface area contributed by atoms with Crippen molar-refractivity contribution in [3.63, 3.8) is 0 Å². The van der Waals surface area contributed by atoms with Gasteiger partial charge >= 0.3 is 0 Å². The molecule has 28 heavy (non-hydrogen) atoms. The third-order valence-corrected chi connectivity index (χ3v) is 5.21. The standard InChI is InChI=1S/C19H25N7O2/c1-11(2)26-10-12-5-4-6-14(17(12)24-26)21-16(27)8-7-15-22-18-13(19(28)23-15)9-20-25(18)3/h9-11,14H,4-8H2,1-3H3,(H,21,27)(H,22,23,28). The molecular formula is C19H25N7O2. The number of aryl methyl sites for hydroxylation is 3. The van der Waals surface area contributed by atoms with Crippen LogP contribution in [0, 0.1) is 0 Å². The number of hydrogen-bond acceptors (Lipinski definition) is 5. The Morgan fingerprint density at radius 1 is 1.43 bits per heavy atom. The summed E-state index contributed by atoms with van der Waals surface area (Å²) in [6, 6.07) is 0.245. The van der Waals surface area contributed by atoms with Gasteiger partial charge in [0.25, 0.3) is 5.56 Å². The average Bonchev–Trinajstić information content (AvgIpc) is 3.25. The minimum atomic E-state index is -0.232. The lowest BCUT2D eigenvalue weighted by atomic mass is 9.93. The molecule has 0 fully saturated rings. The van der Waals surface area contributed by atoms with Crippen molar-refractivity contribution in [1.82, 2.24) is 34.8 Å². The molecule has 1 aliphatic carbocycles. The first-order valence-corrected chi connectivity index (χ1v) is 9.70. The molecule has 2 N–H and O–H groups in total. The van der Waals surface area contributed by atoms with Crippen molar-refractivity contribution in [2.45, 2.75) is 58.0 Å². The smallest absolute Gasteiger partial charge is 0.262 e. The van der Waals surface area contributed by atoms with Gasteiger partial charge in [-0.3, -0.25) is 19.0 Å². The Morgan fingerprint density at radius 2 is 2.25 bits per heavy atom. The van der Waals surface area contributed by atoms with Gasteiger partial charge in [-0.2, -0.15) is 10.2 Å². The van der Waals surface area contributed by atoms with E-state index in [1.54, 1.807) is 11.7 Å². The number of carbonyl (C=O) groups excluding carboxylic acids is 1. The maximum absolute atomic E-state index is 12.5. The van der Waals surface area contributed by atoms with Crippen LogP contribution < -0.4 is 10.9 Å². The molecule has 0 aliphatic heterocycles. The predicted octanol–water partition coefficient (Wildman–Crippen LogP) is 1.56. The SMILES string of the molecule is CC(C)n1cc2c(n1)C(NC(=O)CCc1nc3c(cnn3C)c(=O)[nH]1)CCC2. The molecule has 0 radical (unpaired) electrons. The minimum Gasteiger partial charge on any atom is -0.348 e. The first-order valence-electron chi connectivity index (χ1n) is 9.70. The summed E-state index contributed by atoms with van der Waals surface area (Å²) in [5, 5.41) is 12.3. The lowest BCUT2D eigenvalue weighted by Gasteiger charge is -2.22. The zero-order valence-corrected chi connectivity index (χ0v) is 16.4. The summed E-state index contributed by atoms with van der Waals surface area (Å²) in [5.74, 6) is 0.425. The summed E-state index contributed by atoms with van der Waals surface area (Å²) in [4.78, 5) is 31.8. The van der Waals surface area contributed by atoms with Gasteiger partial charge in [0, 0.05) is 32.1 Å². The molecule has 1 atom stereocenters. The number of fused-ring (bicyclic) bond motifs is 2. The van der Waals surface area contributed by atoms with Gasteiger partial charge in [-0.25, -0.2) is 4.98 Å². The van der Waals surface area contributed by atoms with E-state index in [4.69, 9.17) is 0 Å². The summed E-state index contributed by atoms with van der Waals surface area (Å²) in [6.45, 7) is 4.19. The second kappa shape index (κ2) is 7.21. The van der Waals surface area contributed by atoms with E-state index >= 15 is 0 Å². The van der Waals surface area contributed by atoms with Gasteiger partial charge in [0.05, 0.1) is 17.9 Å². The van der Waals surface area contributed by atoms with Gasteiger partial charge in [-0.05, 0) is 38.7 Å². The lowest BCUT2D eigenvalue weighted by molar-refractivity contribution is -0.122. The third-order valence-electron chi connectivity index (χ3n) is 5.21. The van der Waals surface area contributed by atoms with Crippen molar-refractivity contribution in [2.24, 2.45) is 7.05 Å². The van der Waals surface area contributed by atoms with E-state index in [-0.39, 0.29) is 23.9 Å². The molecule has 0 spiro atoms. The maximum Gasteiger partial charge on any atom is 0.262 e. The number of carbonyl (C=O) groups is 1. The highest BCUT2D eigenvalue weighted by molar-refractivity contribution is 5.77. The fraction of sp³-hybridized carbons (Fsp3) is 0.526. The summed E-state index contributed by atoms with van der Waals surface area (Å²) in [6.07, 6.45) is 7.14. The number of amides is 1. The van der Waals surface area contributed by atoms with Crippen LogP contribution in [0.15, 0.2) is 17.2 Å². The molecule has 0 bridgehead atoms. The van der Waals surface area contributed by atoms with Crippen LogP contribution in [-0.2, 0) is 24.7 Å². The van der Waals surface area contributed by atoms with E-state index in [1.807, 2.05) is 4.68 Å². The number of hydrogen-bond donors (Lipinski definition) is 2. The number of nitrogens with one attached hydrogen (secondary N) is 2. The third kappa shape index (κ3) is 3.44. The molecule has 0 aromatic carbocycles. The van der Waals surface area contributed by atoms with E-state index in [2.05, 4.69) is 45.5 Å². The second-order valence-corrected chi connectivity index (χ2v) is 7.64. The van der Waals surface area contributed by atoms with Gasteiger partial charge < -0.3 is 10.3 Å². The Kier molecular flexibility index (Phi) is 4.74. The van der Waals surface area contributed by atoms with Crippen LogP contribution in [-0.4, -0.2) is 35.4 Å². The first kappa shape index (κ1) is 18.4. The molecule has 1 unspecified atom stereocenters. The highest BCUT2D eigenvalue weighted by Gasteiger charge is 2.25. The molecule has 9 heteroatoms. The molecule has 3 aromatic rings. The summed E-state index contributed by atoms with van der Waals surface area (Å²) in [7, 11) is 1.74. The fourth-order valence-electron chi connectivity index (χ4n) is 3.66. The van der Waals surface area contributed by atoms with Crippen LogP contribution in [0.2, 0.25) is 0 Å². The molecule has 0 saturated carbocycles. The zero-order valence-electron chi connectivity index (χ0n) is 16.4. The molecule has 3 heterocycles. The molecule has 1 aliphatic rings. The quantitative estimate of drug-likeness (QED) is 0.695. The number of aromatic amines is 1. The summed E-state index contributed by atoms with van der Waals surface area (Å²) in [5.41, 5.74) is 2.49. The number of aromatic nitrogens is 6. The van der Waals surface area contributed by atoms with Crippen LogP contribution >= 0.6 is 0 Å². The Balaban J connectivity index is 1.43. The number of rotatable bonds is 5. The van der Waals surface area contributed by atoms with Gasteiger partial charge in [0.2, 0.25) is 5.91 Å². The molecule has 0 saturated heterocycles. The normalized spacial score (nSPS) is 16.5. The first-order chi connectivity index (χ1) is 13.4. The van der Waals surface area contributed by atoms with E-state index in [1.165, 1.54) is 11.8 Å². The Hall–Kier alpha value is -2.97. The lowest BCUT2D eigenvalue weighted by Crippen LogP contribution is -2.31. The maximum atomic E-state index is 12.5. The summed E-state index contributed by atoms with van der Waals surface area (Å²) < 4.78 is 3.52. The van der Waals surface area contributed by atoms with Gasteiger partial charge in [-0.1, -0.05) is 0 Å². The molecular weight excluding hydrogens is 358 g/mol. The zero-order chi connectivity index (χ0) is 19.8. The number of nitrogens with zero attached hydrogens (tertiary/aromatic N) is 5. The van der Waals surface area contributed by atoms with Crippen molar-refractivity contribution >= 4 is 16.9 Å². The van der Waals surface area contributed by atoms with Crippen LogP contribution in [0.5, 0.6) is 0 Å². The molecule has 148 valence electrons. The van der Waals surface area contributed by atoms with Crippen molar-refractivity contribution in [3.8, 4) is 0 Å². The Bertz CT molecular complexity index is 1080. The Labute approximate surface area is 162 Å². The average molecular weight is 383 g/mol. The summed E-state index contributed by atoms with van der Waals surface area (Å²) >= 11 is 0. The molecule has 4 rings (SSSR count). The van der Waals surface area contributed by atoms with Crippen molar-refractivity contribution in [3.05, 3.63) is 39.8 Å². The van der Waals surface area contributed by atoms with Gasteiger partial charge in [0.1, 0.15) is 11.2 Å². The van der Waals surface area contributed by atoms with Crippen LogP contribution in [0.25, 0.3) is 11.0 Å². The second-order valence-electron chi connectivity index (χ2n) is 7.64. The number of H-pyrrole nitrogens is 1. The van der Waals surface area contributed by atoms with E-state index < -0.39 is 0 Å². The van der Waals surface area contributed by atoms with Crippen molar-refractivity contribution in [1.29, 1.82) is 0 Å². The topological polar surface area (TPSA) is 110 Å². The predicted molar refractivity (Wildman–Crippen MR) is 104 cm³/mol. The molecule has 3 aromatic heterocycles. The largest absolute Gasteiger partial charge is 0.348 e. The van der Waals surface area contributed by atoms with E-state index in [9.17, 15) is 9.59 Å². The van der Waals surface area contributed by atoms with Crippen LogP contribution in [0.1, 0.15) is 62.3 Å². The van der Waals surface area contributed by atoms with Gasteiger partial charge in [-0.15, -0.1) is 0 Å². The monoisotopic (exact) mass is 383 g/mol. The fourth-order valence-corrected chi connectivity index (χ4v) is 3.66. The van der Waals surface area contributed by atoms with Crippen LogP contribution in [0.3, 0.4) is 0 Å². The minimum absolute atomic E-state index is 0.0530. The van der Waals surface area contributed by atoms with Crippen molar-refractivity contribution < 1.29 is 4.79 Å².